The van der Waals surface area contributed by atoms with E-state index in [-0.39, 0.29) is 31.8 Å². The molecule has 4 atom stereocenters. The lowest BCUT2D eigenvalue weighted by atomic mass is 9.99. The fraction of sp³-hybridized carbons (Fsp3) is 0.289. The van der Waals surface area contributed by atoms with Crippen LogP contribution in [0.2, 0.25) is 0 Å². The molecule has 0 bridgehead atoms. The highest BCUT2D eigenvalue weighted by Gasteiger charge is 2.41. The van der Waals surface area contributed by atoms with Gasteiger partial charge in [-0.15, -0.1) is 0 Å². The molecule has 2 aliphatic rings. The Hall–Kier alpha value is -4.87. The van der Waals surface area contributed by atoms with Gasteiger partial charge in [0.15, 0.2) is 6.29 Å². The van der Waals surface area contributed by atoms with E-state index in [0.717, 1.165) is 33.7 Å². The Morgan fingerprint density at radius 2 is 1.50 bits per heavy atom. The smallest absolute Gasteiger partial charge is 0.408 e. The van der Waals surface area contributed by atoms with Gasteiger partial charge in [-0.2, -0.15) is 0 Å². The molecule has 0 spiro atoms. The highest BCUT2D eigenvalue weighted by Crippen LogP contribution is 2.39. The first-order chi connectivity index (χ1) is 23.4. The van der Waals surface area contributed by atoms with Crippen molar-refractivity contribution in [3.05, 3.63) is 137 Å². The molecule has 2 N–H and O–H groups in total. The van der Waals surface area contributed by atoms with Crippen molar-refractivity contribution in [2.24, 2.45) is 0 Å². The maximum Gasteiger partial charge on any atom is 0.408 e. The molecule has 248 valence electrons. The molecular weight excluding hydrogens is 610 g/mol. The number of hydrogen-bond donors (Lipinski definition) is 2. The summed E-state index contributed by atoms with van der Waals surface area (Å²) in [5.74, 6) is -0.943. The van der Waals surface area contributed by atoms with Gasteiger partial charge in [-0.3, -0.25) is 14.5 Å². The van der Waals surface area contributed by atoms with Gasteiger partial charge in [0.2, 0.25) is 5.91 Å². The lowest BCUT2D eigenvalue weighted by molar-refractivity contribution is -0.252. The van der Waals surface area contributed by atoms with E-state index >= 15 is 0 Å². The summed E-state index contributed by atoms with van der Waals surface area (Å²) in [6.45, 7) is 1.47. The molecule has 10 nitrogen and oxygen atoms in total. The first-order valence-corrected chi connectivity index (χ1v) is 16.0. The lowest BCUT2D eigenvalue weighted by Gasteiger charge is -2.38. The van der Waals surface area contributed by atoms with E-state index in [1.807, 2.05) is 72.8 Å². The normalized spacial score (nSPS) is 21.0. The molecule has 2 aliphatic heterocycles. The lowest BCUT2D eigenvalue weighted by Crippen LogP contribution is -2.42. The number of aliphatic hydroxyl groups is 1. The fourth-order valence-corrected chi connectivity index (χ4v) is 6.04. The number of hydrogen-bond acceptors (Lipinski definition) is 8. The topological polar surface area (TPSA) is 118 Å². The van der Waals surface area contributed by atoms with Gasteiger partial charge in [0.1, 0.15) is 12.6 Å². The summed E-state index contributed by atoms with van der Waals surface area (Å²) in [7, 11) is 2.07. The summed E-state index contributed by atoms with van der Waals surface area (Å²) in [5.41, 5.74) is 4.96. The maximum absolute atomic E-state index is 13.2. The number of ether oxygens (including phenoxy) is 3. The Kier molecular flexibility index (Phi) is 10.6. The Morgan fingerprint density at radius 1 is 0.854 bits per heavy atom. The Labute approximate surface area is 279 Å². The molecule has 0 saturated carbocycles. The van der Waals surface area contributed by atoms with Crippen LogP contribution in [0.3, 0.4) is 0 Å². The summed E-state index contributed by atoms with van der Waals surface area (Å²) < 4.78 is 18.2. The minimum absolute atomic E-state index is 0.0338. The molecule has 6 rings (SSSR count). The van der Waals surface area contributed by atoms with Crippen molar-refractivity contribution in [3.63, 3.8) is 0 Å². The van der Waals surface area contributed by atoms with Gasteiger partial charge in [-0.05, 0) is 41.4 Å². The minimum Gasteiger partial charge on any atom is -0.445 e. The van der Waals surface area contributed by atoms with Crippen molar-refractivity contribution < 1.29 is 33.7 Å². The van der Waals surface area contributed by atoms with Crippen LogP contribution in [0.5, 0.6) is 0 Å². The summed E-state index contributed by atoms with van der Waals surface area (Å²) in [5, 5.41) is 12.0. The monoisotopic (exact) mass is 649 g/mol. The molecule has 2 heterocycles. The summed E-state index contributed by atoms with van der Waals surface area (Å²) in [4.78, 5) is 41.8. The third-order valence-corrected chi connectivity index (χ3v) is 8.50. The zero-order valence-corrected chi connectivity index (χ0v) is 26.7. The van der Waals surface area contributed by atoms with Gasteiger partial charge >= 0.3 is 6.09 Å². The molecule has 48 heavy (non-hydrogen) atoms. The molecular formula is C38H39N3O7. The Bertz CT molecular complexity index is 1680. The predicted octanol–water partition coefficient (Wildman–Crippen LogP) is 5.41. The first kappa shape index (κ1) is 33.0. The Morgan fingerprint density at radius 3 is 2.17 bits per heavy atom. The number of nitrogens with zero attached hydrogens (tertiary/aromatic N) is 2. The quantitative estimate of drug-likeness (QED) is 0.207. The van der Waals surface area contributed by atoms with Crippen LogP contribution in [0.15, 0.2) is 109 Å². The number of benzene rings is 4. The highest BCUT2D eigenvalue weighted by atomic mass is 16.7. The summed E-state index contributed by atoms with van der Waals surface area (Å²) in [6, 6.07) is 33.1. The van der Waals surface area contributed by atoms with Gasteiger partial charge < -0.3 is 24.6 Å². The van der Waals surface area contributed by atoms with Crippen LogP contribution in [0, 0.1) is 0 Å². The van der Waals surface area contributed by atoms with Gasteiger partial charge in [-0.25, -0.2) is 9.69 Å². The van der Waals surface area contributed by atoms with E-state index in [2.05, 4.69) is 29.4 Å². The van der Waals surface area contributed by atoms with Crippen LogP contribution in [0.25, 0.3) is 0 Å². The number of alkyl carbamates (subject to hydrolysis) is 1. The van der Waals surface area contributed by atoms with Crippen molar-refractivity contribution >= 4 is 23.6 Å². The predicted molar refractivity (Wildman–Crippen MR) is 178 cm³/mol. The zero-order chi connectivity index (χ0) is 33.5. The van der Waals surface area contributed by atoms with E-state index in [4.69, 9.17) is 14.2 Å². The second-order valence-corrected chi connectivity index (χ2v) is 12.2. The average molecular weight is 650 g/mol. The standard InChI is InChI=1S/C38H39N3O7/c1-40(22-26-8-4-2-5-9-26)23-32-20-34(29-14-12-27(24-42)13-15-29)48-37(47-32)30-16-18-31(19-17-30)41-35(43)21-33(36(41)44)39-38(45)46-25-28-10-6-3-7-11-28/h2-19,32-34,37,42H,20-25H2,1H3,(H,39,45)/t32-,33?,34+,37+/m0/s1. The largest absolute Gasteiger partial charge is 0.445 e. The van der Waals surface area contributed by atoms with Crippen LogP contribution < -0.4 is 10.2 Å². The molecule has 0 aliphatic carbocycles. The van der Waals surface area contributed by atoms with Crippen LogP contribution in [0.1, 0.15) is 53.1 Å². The van der Waals surface area contributed by atoms with Crippen LogP contribution in [-0.2, 0) is 43.6 Å². The van der Waals surface area contributed by atoms with Gasteiger partial charge in [0, 0.05) is 25.1 Å². The minimum atomic E-state index is -1.02. The van der Waals surface area contributed by atoms with Crippen LogP contribution >= 0.6 is 0 Å². The molecule has 4 aromatic rings. The average Bonchev–Trinajstić information content (AvgIpc) is 3.39. The number of carbonyl (C=O) groups is 3. The number of imide groups is 1. The number of nitrogens with one attached hydrogen (secondary N) is 1. The first-order valence-electron chi connectivity index (χ1n) is 16.0. The molecule has 3 amide bonds. The number of anilines is 1. The number of likely N-dealkylation sites (N-methyl/N-ethyl adjacent to an activating group) is 1. The third kappa shape index (κ3) is 8.15. The van der Waals surface area contributed by atoms with Crippen molar-refractivity contribution in [2.45, 2.75) is 57.1 Å². The SMILES string of the molecule is CN(Cc1ccccc1)C[C@@H]1C[C@H](c2ccc(CO)cc2)O[C@H](c2ccc(N3C(=O)CC(NC(=O)OCc4ccccc4)C3=O)cc2)O1. The molecule has 1 unspecified atom stereocenters. The molecule has 2 fully saturated rings. The van der Waals surface area contributed by atoms with E-state index in [9.17, 15) is 19.5 Å². The van der Waals surface area contributed by atoms with Gasteiger partial charge in [-0.1, -0.05) is 97.1 Å². The van der Waals surface area contributed by atoms with Gasteiger partial charge in [0.05, 0.1) is 30.9 Å². The Balaban J connectivity index is 1.12. The fourth-order valence-electron chi connectivity index (χ4n) is 6.04. The van der Waals surface area contributed by atoms with E-state index in [1.165, 1.54) is 5.56 Å². The maximum atomic E-state index is 13.2. The summed E-state index contributed by atoms with van der Waals surface area (Å²) in [6.07, 6.45) is -1.37. The second kappa shape index (κ2) is 15.4. The number of rotatable bonds is 11. The number of aliphatic hydroxyl groups excluding tert-OH is 1. The zero-order valence-electron chi connectivity index (χ0n) is 26.7. The summed E-state index contributed by atoms with van der Waals surface area (Å²) >= 11 is 0. The van der Waals surface area contributed by atoms with Crippen molar-refractivity contribution in [1.82, 2.24) is 10.2 Å². The van der Waals surface area contributed by atoms with Crippen molar-refractivity contribution in [3.8, 4) is 0 Å². The van der Waals surface area contributed by atoms with E-state index in [0.29, 0.717) is 18.7 Å². The van der Waals surface area contributed by atoms with E-state index in [1.54, 1.807) is 24.3 Å². The molecule has 10 heteroatoms. The molecule has 4 aromatic carbocycles. The van der Waals surface area contributed by atoms with Crippen molar-refractivity contribution in [1.29, 1.82) is 0 Å². The molecule has 0 radical (unpaired) electrons. The van der Waals surface area contributed by atoms with Crippen LogP contribution in [-0.4, -0.2) is 53.7 Å². The van der Waals surface area contributed by atoms with Crippen LogP contribution in [0.4, 0.5) is 10.5 Å². The van der Waals surface area contributed by atoms with Gasteiger partial charge in [0.25, 0.3) is 5.91 Å². The highest BCUT2D eigenvalue weighted by molar-refractivity contribution is 6.22. The molecule has 2 saturated heterocycles. The second-order valence-electron chi connectivity index (χ2n) is 12.2. The third-order valence-electron chi connectivity index (χ3n) is 8.50. The molecule has 0 aromatic heterocycles. The number of carbonyl (C=O) groups excluding carboxylic acids is 3. The van der Waals surface area contributed by atoms with Crippen molar-refractivity contribution in [2.75, 3.05) is 18.5 Å². The van der Waals surface area contributed by atoms with E-state index < -0.39 is 30.2 Å². The number of amides is 3.